The SMILES string of the molecule is CCC(O)(/C(N)=C/N(N)Cc1ccc2c(-c3cc(OC)no3)cc(=O)oc2c1)C(F)(F)F. The summed E-state index contributed by atoms with van der Waals surface area (Å²) >= 11 is 0. The number of benzene rings is 1. The van der Waals surface area contributed by atoms with Gasteiger partial charge in [-0.15, -0.1) is 0 Å². The predicted octanol–water partition coefficient (Wildman–Crippen LogP) is 2.64. The number of aromatic nitrogens is 1. The predicted molar refractivity (Wildman–Crippen MR) is 108 cm³/mol. The lowest BCUT2D eigenvalue weighted by molar-refractivity contribution is -0.245. The van der Waals surface area contributed by atoms with Crippen molar-refractivity contribution < 1.29 is 32.0 Å². The van der Waals surface area contributed by atoms with E-state index >= 15 is 0 Å². The Bertz CT molecular complexity index is 1200. The molecule has 0 saturated carbocycles. The van der Waals surface area contributed by atoms with Gasteiger partial charge >= 0.3 is 11.8 Å². The number of aliphatic hydroxyl groups is 1. The molecule has 12 heteroatoms. The molecule has 5 N–H and O–H groups in total. The molecular formula is C20H21F3N4O5. The summed E-state index contributed by atoms with van der Waals surface area (Å²) < 4.78 is 54.9. The second kappa shape index (κ2) is 8.55. The molecular weight excluding hydrogens is 433 g/mol. The van der Waals surface area contributed by atoms with Crippen LogP contribution in [-0.2, 0) is 6.54 Å². The maximum absolute atomic E-state index is 13.2. The molecule has 1 unspecified atom stereocenters. The van der Waals surface area contributed by atoms with Gasteiger partial charge in [-0.2, -0.15) is 13.2 Å². The number of ether oxygens (including phenoxy) is 1. The Kier molecular flexibility index (Phi) is 6.19. The van der Waals surface area contributed by atoms with Crippen molar-refractivity contribution in [2.24, 2.45) is 11.6 Å². The number of alkyl halides is 3. The van der Waals surface area contributed by atoms with Crippen LogP contribution in [0.2, 0.25) is 0 Å². The molecule has 0 fully saturated rings. The fraction of sp³-hybridized carbons (Fsp3) is 0.300. The molecule has 0 aliphatic rings. The fourth-order valence-electron chi connectivity index (χ4n) is 3.10. The molecule has 0 aliphatic carbocycles. The van der Waals surface area contributed by atoms with Gasteiger partial charge in [0.2, 0.25) is 5.60 Å². The van der Waals surface area contributed by atoms with Crippen LogP contribution < -0.4 is 21.9 Å². The Morgan fingerprint density at radius 3 is 2.62 bits per heavy atom. The first-order valence-electron chi connectivity index (χ1n) is 9.34. The number of rotatable bonds is 7. The zero-order valence-corrected chi connectivity index (χ0v) is 17.1. The summed E-state index contributed by atoms with van der Waals surface area (Å²) in [7, 11) is 1.42. The molecule has 0 aliphatic heterocycles. The van der Waals surface area contributed by atoms with E-state index in [1.807, 2.05) is 0 Å². The molecule has 0 radical (unpaired) electrons. The van der Waals surface area contributed by atoms with Crippen LogP contribution in [0.25, 0.3) is 22.3 Å². The molecule has 0 saturated heterocycles. The lowest BCUT2D eigenvalue weighted by atomic mass is 9.96. The number of hydrogen-bond donors (Lipinski definition) is 3. The van der Waals surface area contributed by atoms with E-state index in [4.69, 9.17) is 25.3 Å². The standard InChI is InChI=1S/C20H21F3N4O5/c1-3-19(29,20(21,22)23)16(24)10-27(25)9-11-4-5-12-13(7-18(28)31-14(12)6-11)15-8-17(30-2)26-32-15/h4-8,10,29H,3,9,24-25H2,1-2H3/b16-10-. The monoisotopic (exact) mass is 454 g/mol. The Morgan fingerprint density at radius 1 is 1.31 bits per heavy atom. The minimum Gasteiger partial charge on any atom is -0.479 e. The maximum Gasteiger partial charge on any atom is 0.422 e. The van der Waals surface area contributed by atoms with Gasteiger partial charge in [0.05, 0.1) is 19.4 Å². The van der Waals surface area contributed by atoms with Crippen LogP contribution in [0.5, 0.6) is 5.88 Å². The highest BCUT2D eigenvalue weighted by atomic mass is 19.4. The summed E-state index contributed by atoms with van der Waals surface area (Å²) in [4.78, 5) is 12.0. The molecule has 9 nitrogen and oxygen atoms in total. The topological polar surface area (TPSA) is 141 Å². The van der Waals surface area contributed by atoms with Crippen LogP contribution in [0, 0.1) is 0 Å². The lowest BCUT2D eigenvalue weighted by Crippen LogP contribution is -2.49. The molecule has 3 aromatic rings. The Labute approximate surface area is 179 Å². The van der Waals surface area contributed by atoms with E-state index in [1.54, 1.807) is 12.1 Å². The van der Waals surface area contributed by atoms with E-state index in [1.165, 1.54) is 25.3 Å². The third-order valence-corrected chi connectivity index (χ3v) is 4.90. The first kappa shape index (κ1) is 23.2. The van der Waals surface area contributed by atoms with E-state index in [0.29, 0.717) is 16.5 Å². The average molecular weight is 454 g/mol. The van der Waals surface area contributed by atoms with E-state index in [2.05, 4.69) is 5.16 Å². The van der Waals surface area contributed by atoms with Crippen molar-refractivity contribution in [2.75, 3.05) is 7.11 Å². The van der Waals surface area contributed by atoms with Crippen LogP contribution in [0.15, 0.2) is 56.0 Å². The second-order valence-electron chi connectivity index (χ2n) is 7.01. The van der Waals surface area contributed by atoms with Crippen LogP contribution in [0.1, 0.15) is 18.9 Å². The molecule has 1 atom stereocenters. The summed E-state index contributed by atoms with van der Waals surface area (Å²) in [5.41, 5.74) is 1.93. The highest BCUT2D eigenvalue weighted by molar-refractivity contribution is 5.92. The zero-order chi connectivity index (χ0) is 23.7. The Hall–Kier alpha value is -3.51. The van der Waals surface area contributed by atoms with Gasteiger partial charge < -0.3 is 29.5 Å². The molecule has 1 aromatic carbocycles. The normalized spacial score (nSPS) is 14.4. The van der Waals surface area contributed by atoms with Gasteiger partial charge in [0.15, 0.2) is 5.76 Å². The quantitative estimate of drug-likeness (QED) is 0.279. The summed E-state index contributed by atoms with van der Waals surface area (Å²) in [6.07, 6.45) is -4.83. The number of halogens is 3. The van der Waals surface area contributed by atoms with Crippen molar-refractivity contribution in [3.05, 3.63) is 58.2 Å². The van der Waals surface area contributed by atoms with Crippen molar-refractivity contribution in [1.82, 2.24) is 10.2 Å². The molecule has 0 spiro atoms. The summed E-state index contributed by atoms with van der Waals surface area (Å²) in [5.74, 6) is 6.30. The largest absolute Gasteiger partial charge is 0.479 e. The van der Waals surface area contributed by atoms with Crippen molar-refractivity contribution in [2.45, 2.75) is 31.7 Å². The van der Waals surface area contributed by atoms with Gasteiger partial charge in [0.25, 0.3) is 5.88 Å². The summed E-state index contributed by atoms with van der Waals surface area (Å²) in [6.45, 7) is 1.07. The summed E-state index contributed by atoms with van der Waals surface area (Å²) in [6, 6.07) is 7.53. The third-order valence-electron chi connectivity index (χ3n) is 4.90. The van der Waals surface area contributed by atoms with E-state index in [-0.39, 0.29) is 23.8 Å². The van der Waals surface area contributed by atoms with Crippen LogP contribution in [0.4, 0.5) is 13.2 Å². The van der Waals surface area contributed by atoms with Gasteiger partial charge in [0, 0.05) is 29.3 Å². The second-order valence-corrected chi connectivity index (χ2v) is 7.01. The minimum absolute atomic E-state index is 0.0850. The number of hydrazine groups is 1. The molecule has 32 heavy (non-hydrogen) atoms. The van der Waals surface area contributed by atoms with Gasteiger partial charge in [0.1, 0.15) is 5.58 Å². The van der Waals surface area contributed by atoms with Crippen molar-refractivity contribution in [3.8, 4) is 17.2 Å². The summed E-state index contributed by atoms with van der Waals surface area (Å²) in [5, 5.41) is 15.0. The zero-order valence-electron chi connectivity index (χ0n) is 17.1. The average Bonchev–Trinajstić information content (AvgIpc) is 3.20. The van der Waals surface area contributed by atoms with Crippen LogP contribution in [0.3, 0.4) is 0 Å². The fourth-order valence-corrected chi connectivity index (χ4v) is 3.10. The number of methoxy groups -OCH3 is 1. The van der Waals surface area contributed by atoms with E-state index < -0.39 is 29.5 Å². The smallest absolute Gasteiger partial charge is 0.422 e. The number of nitrogens with two attached hydrogens (primary N) is 2. The highest BCUT2D eigenvalue weighted by Gasteiger charge is 2.54. The van der Waals surface area contributed by atoms with Crippen molar-refractivity contribution in [1.29, 1.82) is 0 Å². The van der Waals surface area contributed by atoms with Gasteiger partial charge in [-0.25, -0.2) is 10.6 Å². The van der Waals surface area contributed by atoms with Gasteiger partial charge in [-0.1, -0.05) is 19.1 Å². The lowest BCUT2D eigenvalue weighted by Gasteiger charge is -2.30. The van der Waals surface area contributed by atoms with E-state index in [9.17, 15) is 23.1 Å². The van der Waals surface area contributed by atoms with Crippen molar-refractivity contribution in [3.63, 3.8) is 0 Å². The minimum atomic E-state index is -4.96. The first-order valence-corrected chi connectivity index (χ1v) is 9.34. The molecule has 3 rings (SSSR count). The first-order chi connectivity index (χ1) is 15.0. The Balaban J connectivity index is 1.91. The van der Waals surface area contributed by atoms with Gasteiger partial charge in [-0.3, -0.25) is 0 Å². The highest BCUT2D eigenvalue weighted by Crippen LogP contribution is 2.37. The molecule has 2 heterocycles. The van der Waals surface area contributed by atoms with Gasteiger partial charge in [-0.05, 0) is 23.2 Å². The molecule has 2 aromatic heterocycles. The molecule has 0 amide bonds. The van der Waals surface area contributed by atoms with E-state index in [0.717, 1.165) is 18.1 Å². The third kappa shape index (κ3) is 4.41. The molecule has 0 bridgehead atoms. The van der Waals surface area contributed by atoms with Crippen LogP contribution in [-0.4, -0.2) is 34.2 Å². The van der Waals surface area contributed by atoms with Crippen molar-refractivity contribution >= 4 is 11.0 Å². The number of fused-ring (bicyclic) bond motifs is 1. The number of hydrogen-bond acceptors (Lipinski definition) is 9. The maximum atomic E-state index is 13.2. The number of nitrogens with zero attached hydrogens (tertiary/aromatic N) is 2. The Morgan fingerprint density at radius 2 is 2.03 bits per heavy atom. The van der Waals surface area contributed by atoms with Crippen LogP contribution >= 0.6 is 0 Å². The molecule has 172 valence electrons.